The number of benzene rings is 1. The third-order valence-corrected chi connectivity index (χ3v) is 4.16. The first-order chi connectivity index (χ1) is 9.33. The summed E-state index contributed by atoms with van der Waals surface area (Å²) < 4.78 is 0. The van der Waals surface area contributed by atoms with Crippen LogP contribution in [0.25, 0.3) is 0 Å². The van der Waals surface area contributed by atoms with Crippen molar-refractivity contribution < 1.29 is 4.79 Å². The molecule has 0 bridgehead atoms. The molecule has 0 spiro atoms. The number of carbonyl (C=O) groups is 1. The van der Waals surface area contributed by atoms with Gasteiger partial charge in [0.25, 0.3) is 0 Å². The predicted molar refractivity (Wildman–Crippen MR) is 81.4 cm³/mol. The van der Waals surface area contributed by atoms with Crippen molar-refractivity contribution >= 4 is 17.7 Å². The summed E-state index contributed by atoms with van der Waals surface area (Å²) in [6, 6.07) is 8.17. The summed E-state index contributed by atoms with van der Waals surface area (Å²) in [7, 11) is 0. The summed E-state index contributed by atoms with van der Waals surface area (Å²) in [5.41, 5.74) is 2.40. The summed E-state index contributed by atoms with van der Waals surface area (Å²) in [4.78, 5) is 12.2. The molecule has 2 rings (SSSR count). The molecule has 0 radical (unpaired) electrons. The lowest BCUT2D eigenvalue weighted by molar-refractivity contribution is -0.122. The van der Waals surface area contributed by atoms with Crippen molar-refractivity contribution in [1.82, 2.24) is 10.6 Å². The molecule has 19 heavy (non-hydrogen) atoms. The Morgan fingerprint density at radius 1 is 1.53 bits per heavy atom. The van der Waals surface area contributed by atoms with Gasteiger partial charge in [-0.05, 0) is 11.1 Å². The molecule has 102 valence electrons. The van der Waals surface area contributed by atoms with Crippen molar-refractivity contribution in [2.45, 2.75) is 12.5 Å². The van der Waals surface area contributed by atoms with Gasteiger partial charge in [0.15, 0.2) is 0 Å². The van der Waals surface area contributed by atoms with Crippen LogP contribution in [0.3, 0.4) is 0 Å². The fourth-order valence-corrected chi connectivity index (χ4v) is 2.85. The molecule has 1 atom stereocenters. The van der Waals surface area contributed by atoms with Crippen LogP contribution in [0, 0.1) is 0 Å². The Hall–Kier alpha value is -1.26. The lowest BCUT2D eigenvalue weighted by Crippen LogP contribution is -2.39. The molecule has 3 nitrogen and oxygen atoms in total. The molecule has 0 aromatic heterocycles. The van der Waals surface area contributed by atoms with Crippen molar-refractivity contribution in [3.8, 4) is 0 Å². The Balaban J connectivity index is 1.88. The Morgan fingerprint density at radius 3 is 3.21 bits per heavy atom. The molecule has 0 saturated heterocycles. The molecular weight excluding hydrogens is 256 g/mol. The van der Waals surface area contributed by atoms with E-state index in [9.17, 15) is 4.79 Å². The van der Waals surface area contributed by atoms with E-state index in [0.29, 0.717) is 0 Å². The van der Waals surface area contributed by atoms with E-state index >= 15 is 0 Å². The SMILES string of the molecule is C=CCSCCNC(=O)C1CNCc2ccccc21. The van der Waals surface area contributed by atoms with Crippen LogP contribution in [0.5, 0.6) is 0 Å². The third kappa shape index (κ3) is 3.85. The number of hydrogen-bond donors (Lipinski definition) is 2. The summed E-state index contributed by atoms with van der Waals surface area (Å²) in [5.74, 6) is 1.93. The van der Waals surface area contributed by atoms with Gasteiger partial charge in [0.05, 0.1) is 5.92 Å². The second-order valence-corrected chi connectivity index (χ2v) is 5.69. The maximum Gasteiger partial charge on any atom is 0.228 e. The highest BCUT2D eigenvalue weighted by Gasteiger charge is 2.25. The number of rotatable bonds is 6. The van der Waals surface area contributed by atoms with Gasteiger partial charge in [0, 0.05) is 31.1 Å². The lowest BCUT2D eigenvalue weighted by Gasteiger charge is -2.25. The van der Waals surface area contributed by atoms with E-state index in [0.717, 1.165) is 36.7 Å². The normalized spacial score (nSPS) is 17.6. The summed E-state index contributed by atoms with van der Waals surface area (Å²) >= 11 is 1.78. The van der Waals surface area contributed by atoms with Crippen LogP contribution in [0.4, 0.5) is 0 Å². The molecule has 0 fully saturated rings. The van der Waals surface area contributed by atoms with Crippen molar-refractivity contribution in [2.24, 2.45) is 0 Å². The van der Waals surface area contributed by atoms with Gasteiger partial charge in [0.1, 0.15) is 0 Å². The van der Waals surface area contributed by atoms with Crippen LogP contribution in [-0.2, 0) is 11.3 Å². The van der Waals surface area contributed by atoms with Crippen LogP contribution >= 0.6 is 11.8 Å². The largest absolute Gasteiger partial charge is 0.355 e. The average Bonchev–Trinajstić information content (AvgIpc) is 2.46. The molecular formula is C15H20N2OS. The van der Waals surface area contributed by atoms with Crippen molar-refractivity contribution in [2.75, 3.05) is 24.6 Å². The van der Waals surface area contributed by atoms with Crippen molar-refractivity contribution in [3.05, 3.63) is 48.0 Å². The van der Waals surface area contributed by atoms with Gasteiger partial charge >= 0.3 is 0 Å². The zero-order valence-corrected chi connectivity index (χ0v) is 11.8. The Kier molecular flexibility index (Phi) is 5.48. The van der Waals surface area contributed by atoms with E-state index in [4.69, 9.17) is 0 Å². The maximum atomic E-state index is 12.2. The lowest BCUT2D eigenvalue weighted by atomic mass is 9.90. The summed E-state index contributed by atoms with van der Waals surface area (Å²) in [6.07, 6.45) is 1.88. The molecule has 0 saturated carbocycles. The number of thioether (sulfide) groups is 1. The maximum absolute atomic E-state index is 12.2. The van der Waals surface area contributed by atoms with Crippen LogP contribution < -0.4 is 10.6 Å². The fraction of sp³-hybridized carbons (Fsp3) is 0.400. The van der Waals surface area contributed by atoms with Gasteiger partial charge in [-0.3, -0.25) is 4.79 Å². The number of fused-ring (bicyclic) bond motifs is 1. The van der Waals surface area contributed by atoms with Crippen LogP contribution in [-0.4, -0.2) is 30.5 Å². The van der Waals surface area contributed by atoms with Crippen molar-refractivity contribution in [3.63, 3.8) is 0 Å². The van der Waals surface area contributed by atoms with E-state index in [-0.39, 0.29) is 11.8 Å². The van der Waals surface area contributed by atoms with Gasteiger partial charge < -0.3 is 10.6 Å². The molecule has 1 heterocycles. The minimum absolute atomic E-state index is 0.0608. The monoisotopic (exact) mass is 276 g/mol. The zero-order chi connectivity index (χ0) is 13.5. The predicted octanol–water partition coefficient (Wildman–Crippen LogP) is 1.91. The van der Waals surface area contributed by atoms with Crippen LogP contribution in [0.2, 0.25) is 0 Å². The fourth-order valence-electron chi connectivity index (χ4n) is 2.27. The Morgan fingerprint density at radius 2 is 2.37 bits per heavy atom. The molecule has 1 unspecified atom stereocenters. The molecule has 1 aliphatic rings. The van der Waals surface area contributed by atoms with E-state index < -0.39 is 0 Å². The van der Waals surface area contributed by atoms with E-state index in [1.807, 2.05) is 18.2 Å². The Bertz CT molecular complexity index is 448. The molecule has 1 aromatic rings. The van der Waals surface area contributed by atoms with Gasteiger partial charge in [-0.25, -0.2) is 0 Å². The highest BCUT2D eigenvalue weighted by atomic mass is 32.2. The van der Waals surface area contributed by atoms with Gasteiger partial charge in [-0.1, -0.05) is 30.3 Å². The highest BCUT2D eigenvalue weighted by Crippen LogP contribution is 2.23. The van der Waals surface area contributed by atoms with E-state index in [1.165, 1.54) is 5.56 Å². The topological polar surface area (TPSA) is 41.1 Å². The molecule has 2 N–H and O–H groups in total. The average molecular weight is 276 g/mol. The third-order valence-electron chi connectivity index (χ3n) is 3.19. The molecule has 4 heteroatoms. The van der Waals surface area contributed by atoms with Gasteiger partial charge in [-0.15, -0.1) is 6.58 Å². The summed E-state index contributed by atoms with van der Waals surface area (Å²) in [6.45, 7) is 5.97. The first kappa shape index (κ1) is 14.2. The van der Waals surface area contributed by atoms with Crippen LogP contribution in [0.1, 0.15) is 17.0 Å². The number of nitrogens with one attached hydrogen (secondary N) is 2. The van der Waals surface area contributed by atoms with Gasteiger partial charge in [-0.2, -0.15) is 11.8 Å². The highest BCUT2D eigenvalue weighted by molar-refractivity contribution is 7.99. The second kappa shape index (κ2) is 7.36. The van der Waals surface area contributed by atoms with Crippen molar-refractivity contribution in [1.29, 1.82) is 0 Å². The molecule has 0 aliphatic carbocycles. The quantitative estimate of drug-likeness (QED) is 0.616. The molecule has 1 aromatic carbocycles. The summed E-state index contributed by atoms with van der Waals surface area (Å²) in [5, 5.41) is 6.32. The smallest absolute Gasteiger partial charge is 0.228 e. The first-order valence-corrected chi connectivity index (χ1v) is 7.73. The molecule has 1 amide bonds. The number of amides is 1. The number of carbonyl (C=O) groups excluding carboxylic acids is 1. The Labute approximate surface area is 118 Å². The molecule has 1 aliphatic heterocycles. The minimum Gasteiger partial charge on any atom is -0.355 e. The van der Waals surface area contributed by atoms with Gasteiger partial charge in [0.2, 0.25) is 5.91 Å². The van der Waals surface area contributed by atoms with E-state index in [1.54, 1.807) is 11.8 Å². The standard InChI is InChI=1S/C15H20N2OS/c1-2-8-19-9-7-17-15(18)14-11-16-10-12-5-3-4-6-13(12)14/h2-6,14,16H,1,7-11H2,(H,17,18). The zero-order valence-electron chi connectivity index (χ0n) is 11.0. The first-order valence-electron chi connectivity index (χ1n) is 6.58. The second-order valence-electron chi connectivity index (χ2n) is 4.54. The minimum atomic E-state index is -0.0608. The van der Waals surface area contributed by atoms with Crippen LogP contribution in [0.15, 0.2) is 36.9 Å². The van der Waals surface area contributed by atoms with E-state index in [2.05, 4.69) is 29.3 Å². The number of hydrogen-bond acceptors (Lipinski definition) is 3.